The summed E-state index contributed by atoms with van der Waals surface area (Å²) in [7, 11) is 0. The van der Waals surface area contributed by atoms with Crippen molar-refractivity contribution in [1.29, 1.82) is 0 Å². The second-order valence-electron chi connectivity index (χ2n) is 3.83. The number of nitrogen functional groups attached to an aromatic ring is 1. The van der Waals surface area contributed by atoms with Crippen LogP contribution in [0.25, 0.3) is 0 Å². The Hall–Kier alpha value is -1.09. The van der Waals surface area contributed by atoms with Crippen LogP contribution in [0.1, 0.15) is 18.4 Å². The molecule has 1 fully saturated rings. The Morgan fingerprint density at radius 3 is 2.71 bits per heavy atom. The normalized spacial score (nSPS) is 17.5. The Morgan fingerprint density at radius 1 is 1.29 bits per heavy atom. The molecule has 0 unspecified atom stereocenters. The maximum atomic E-state index is 12.9. The highest BCUT2D eigenvalue weighted by atomic mass is 19.1. The predicted molar refractivity (Wildman–Crippen MR) is 55.3 cm³/mol. The summed E-state index contributed by atoms with van der Waals surface area (Å²) in [4.78, 5) is 2.31. The van der Waals surface area contributed by atoms with Gasteiger partial charge in [-0.05, 0) is 49.7 Å². The third-order valence-electron chi connectivity index (χ3n) is 2.70. The van der Waals surface area contributed by atoms with E-state index in [1.807, 2.05) is 0 Å². The monoisotopic (exact) mass is 194 g/mol. The van der Waals surface area contributed by atoms with Gasteiger partial charge in [0.25, 0.3) is 0 Å². The fraction of sp³-hybridized carbons (Fsp3) is 0.455. The maximum Gasteiger partial charge on any atom is 0.123 e. The fourth-order valence-electron chi connectivity index (χ4n) is 1.89. The molecule has 1 heterocycles. The van der Waals surface area contributed by atoms with E-state index in [-0.39, 0.29) is 5.82 Å². The van der Waals surface area contributed by atoms with Gasteiger partial charge in [-0.1, -0.05) is 0 Å². The van der Waals surface area contributed by atoms with Crippen molar-refractivity contribution in [1.82, 2.24) is 4.90 Å². The Bertz CT molecular complexity index is 319. The zero-order chi connectivity index (χ0) is 9.97. The first-order chi connectivity index (χ1) is 6.75. The molecule has 2 N–H and O–H groups in total. The second kappa shape index (κ2) is 3.96. The number of nitrogens with two attached hydrogens (primary N) is 1. The van der Waals surface area contributed by atoms with Crippen molar-refractivity contribution >= 4 is 5.69 Å². The molecule has 1 aliphatic heterocycles. The molecule has 0 aromatic heterocycles. The molecular weight excluding hydrogens is 179 g/mol. The highest BCUT2D eigenvalue weighted by Gasteiger charge is 2.13. The van der Waals surface area contributed by atoms with Gasteiger partial charge in [-0.2, -0.15) is 0 Å². The van der Waals surface area contributed by atoms with E-state index in [2.05, 4.69) is 4.90 Å². The molecule has 76 valence electrons. The summed E-state index contributed by atoms with van der Waals surface area (Å²) in [5.41, 5.74) is 7.38. The molecule has 1 aliphatic rings. The van der Waals surface area contributed by atoms with Crippen LogP contribution in [0.5, 0.6) is 0 Å². The van der Waals surface area contributed by atoms with E-state index in [1.54, 1.807) is 6.07 Å². The number of hydrogen-bond acceptors (Lipinski definition) is 2. The molecule has 0 aliphatic carbocycles. The molecule has 2 nitrogen and oxygen atoms in total. The zero-order valence-electron chi connectivity index (χ0n) is 8.17. The Labute approximate surface area is 83.5 Å². The van der Waals surface area contributed by atoms with E-state index in [0.29, 0.717) is 5.69 Å². The van der Waals surface area contributed by atoms with Gasteiger partial charge in [0.1, 0.15) is 5.82 Å². The number of likely N-dealkylation sites (tertiary alicyclic amines) is 1. The van der Waals surface area contributed by atoms with Crippen LogP contribution in [0.3, 0.4) is 0 Å². The summed E-state index contributed by atoms with van der Waals surface area (Å²) < 4.78 is 12.9. The molecule has 1 aromatic rings. The first-order valence-electron chi connectivity index (χ1n) is 5.02. The molecule has 0 radical (unpaired) electrons. The van der Waals surface area contributed by atoms with Crippen molar-refractivity contribution in [3.63, 3.8) is 0 Å². The van der Waals surface area contributed by atoms with E-state index >= 15 is 0 Å². The van der Waals surface area contributed by atoms with Crippen LogP contribution in [0, 0.1) is 5.82 Å². The van der Waals surface area contributed by atoms with Gasteiger partial charge in [0.2, 0.25) is 0 Å². The summed E-state index contributed by atoms with van der Waals surface area (Å²) in [6.45, 7) is 3.00. The van der Waals surface area contributed by atoms with Gasteiger partial charge in [0.15, 0.2) is 0 Å². The van der Waals surface area contributed by atoms with Crippen molar-refractivity contribution in [2.45, 2.75) is 19.4 Å². The molecular formula is C11H15FN2. The zero-order valence-corrected chi connectivity index (χ0v) is 8.17. The molecule has 3 heteroatoms. The molecule has 0 atom stereocenters. The van der Waals surface area contributed by atoms with Crippen LogP contribution in [0.4, 0.5) is 10.1 Å². The highest BCUT2D eigenvalue weighted by Crippen LogP contribution is 2.18. The van der Waals surface area contributed by atoms with Crippen molar-refractivity contribution < 1.29 is 4.39 Å². The van der Waals surface area contributed by atoms with Crippen molar-refractivity contribution in [2.75, 3.05) is 18.8 Å². The van der Waals surface area contributed by atoms with Crippen LogP contribution < -0.4 is 5.73 Å². The molecule has 2 rings (SSSR count). The largest absolute Gasteiger partial charge is 0.398 e. The summed E-state index contributed by atoms with van der Waals surface area (Å²) in [5, 5.41) is 0. The van der Waals surface area contributed by atoms with Gasteiger partial charge in [-0.3, -0.25) is 4.90 Å². The van der Waals surface area contributed by atoms with Crippen molar-refractivity contribution in [3.05, 3.63) is 29.6 Å². The van der Waals surface area contributed by atoms with Gasteiger partial charge < -0.3 is 5.73 Å². The Kier molecular flexibility index (Phi) is 2.68. The standard InChI is InChI=1S/C11H15FN2/c12-10-3-4-11(13)9(7-10)8-14-5-1-2-6-14/h3-4,7H,1-2,5-6,8,13H2. The molecule has 14 heavy (non-hydrogen) atoms. The average molecular weight is 194 g/mol. The van der Waals surface area contributed by atoms with Crippen LogP contribution in [-0.2, 0) is 6.54 Å². The first-order valence-corrected chi connectivity index (χ1v) is 5.02. The lowest BCUT2D eigenvalue weighted by Gasteiger charge is -2.15. The molecule has 0 spiro atoms. The lowest BCUT2D eigenvalue weighted by Crippen LogP contribution is -2.19. The number of nitrogens with zero attached hydrogens (tertiary/aromatic N) is 1. The minimum Gasteiger partial charge on any atom is -0.398 e. The summed E-state index contributed by atoms with van der Waals surface area (Å²) in [6.07, 6.45) is 2.49. The van der Waals surface area contributed by atoms with Gasteiger partial charge in [-0.25, -0.2) is 4.39 Å². The van der Waals surface area contributed by atoms with Crippen molar-refractivity contribution in [3.8, 4) is 0 Å². The van der Waals surface area contributed by atoms with E-state index in [4.69, 9.17) is 5.73 Å². The summed E-state index contributed by atoms with van der Waals surface area (Å²) >= 11 is 0. The minimum absolute atomic E-state index is 0.201. The number of benzene rings is 1. The molecule has 1 aromatic carbocycles. The van der Waals surface area contributed by atoms with E-state index < -0.39 is 0 Å². The molecule has 0 bridgehead atoms. The van der Waals surface area contributed by atoms with Crippen LogP contribution in [0.2, 0.25) is 0 Å². The topological polar surface area (TPSA) is 29.3 Å². The molecule has 0 amide bonds. The third kappa shape index (κ3) is 2.04. The third-order valence-corrected chi connectivity index (χ3v) is 2.70. The van der Waals surface area contributed by atoms with E-state index in [9.17, 15) is 4.39 Å². The lowest BCUT2D eigenvalue weighted by molar-refractivity contribution is 0.331. The number of rotatable bonds is 2. The maximum absolute atomic E-state index is 12.9. The van der Waals surface area contributed by atoms with Crippen LogP contribution in [0.15, 0.2) is 18.2 Å². The summed E-state index contributed by atoms with van der Waals surface area (Å²) in [6, 6.07) is 4.58. The minimum atomic E-state index is -0.201. The summed E-state index contributed by atoms with van der Waals surface area (Å²) in [5.74, 6) is -0.201. The Morgan fingerprint density at radius 2 is 2.00 bits per heavy atom. The van der Waals surface area contributed by atoms with E-state index in [1.165, 1.54) is 25.0 Å². The van der Waals surface area contributed by atoms with Gasteiger partial charge >= 0.3 is 0 Å². The van der Waals surface area contributed by atoms with Gasteiger partial charge in [-0.15, -0.1) is 0 Å². The number of halogens is 1. The lowest BCUT2D eigenvalue weighted by atomic mass is 10.1. The average Bonchev–Trinajstić information content (AvgIpc) is 2.64. The quantitative estimate of drug-likeness (QED) is 0.730. The smallest absolute Gasteiger partial charge is 0.123 e. The second-order valence-corrected chi connectivity index (χ2v) is 3.83. The SMILES string of the molecule is Nc1ccc(F)cc1CN1CCCC1. The van der Waals surface area contributed by atoms with Crippen molar-refractivity contribution in [2.24, 2.45) is 0 Å². The van der Waals surface area contributed by atoms with Crippen LogP contribution >= 0.6 is 0 Å². The van der Waals surface area contributed by atoms with Gasteiger partial charge in [0.05, 0.1) is 0 Å². The first kappa shape index (κ1) is 9.46. The van der Waals surface area contributed by atoms with E-state index in [0.717, 1.165) is 25.2 Å². The fourth-order valence-corrected chi connectivity index (χ4v) is 1.89. The van der Waals surface area contributed by atoms with Gasteiger partial charge in [0, 0.05) is 12.2 Å². The highest BCUT2D eigenvalue weighted by molar-refractivity contribution is 5.46. The number of anilines is 1. The number of hydrogen-bond donors (Lipinski definition) is 1. The molecule has 1 saturated heterocycles. The Balaban J connectivity index is 2.10. The predicted octanol–water partition coefficient (Wildman–Crippen LogP) is 2.00. The van der Waals surface area contributed by atoms with Crippen LogP contribution in [-0.4, -0.2) is 18.0 Å². The molecule has 0 saturated carbocycles.